The first-order valence-electron chi connectivity index (χ1n) is 5.17. The van der Waals surface area contributed by atoms with E-state index in [-0.39, 0.29) is 24.0 Å². The van der Waals surface area contributed by atoms with Crippen LogP contribution in [0.15, 0.2) is 14.4 Å². The lowest BCUT2D eigenvalue weighted by Gasteiger charge is -1.85. The number of nitrogens with one attached hydrogen (secondary N) is 4. The maximum atomic E-state index is 10.9. The molecule has 0 saturated heterocycles. The summed E-state index contributed by atoms with van der Waals surface area (Å²) in [4.78, 5) is 60.3. The van der Waals surface area contributed by atoms with Crippen LogP contribution in [0.4, 0.5) is 0 Å². The van der Waals surface area contributed by atoms with Crippen molar-refractivity contribution in [2.45, 2.75) is 12.8 Å². The highest BCUT2D eigenvalue weighted by Crippen LogP contribution is 1.88. The Morgan fingerprint density at radius 1 is 0.800 bits per heavy atom. The minimum Gasteiger partial charge on any atom is -0.481 e. The van der Waals surface area contributed by atoms with Gasteiger partial charge in [-0.05, 0) is 0 Å². The Kier molecular flexibility index (Phi) is 4.61. The van der Waals surface area contributed by atoms with Gasteiger partial charge in [-0.2, -0.15) is 0 Å². The summed E-state index contributed by atoms with van der Waals surface area (Å²) in [5.74, 6) is -2.15. The Hall–Kier alpha value is -3.11. The topological polar surface area (TPSA) is 189 Å². The first-order valence-corrected chi connectivity index (χ1v) is 5.17. The summed E-state index contributed by atoms with van der Waals surface area (Å²) in [6, 6.07) is 0. The molecule has 0 unspecified atom stereocenters. The van der Waals surface area contributed by atoms with Gasteiger partial charge in [0.25, 0.3) is 5.56 Å². The van der Waals surface area contributed by atoms with Crippen molar-refractivity contribution < 1.29 is 19.8 Å². The summed E-state index contributed by atoms with van der Waals surface area (Å²) in [5.41, 5.74) is -1.65. The molecule has 0 saturated carbocycles. The molecule has 0 fully saturated rings. The molecule has 11 nitrogen and oxygen atoms in total. The Labute approximate surface area is 108 Å². The third-order valence-corrected chi connectivity index (χ3v) is 1.97. The van der Waals surface area contributed by atoms with Crippen LogP contribution in [0.3, 0.4) is 0 Å². The number of hydrogen-bond donors (Lipinski definition) is 6. The lowest BCUT2D eigenvalue weighted by molar-refractivity contribution is -0.143. The molecular formula is C9H10N4O7. The molecule has 0 bridgehead atoms. The Morgan fingerprint density at radius 2 is 1.25 bits per heavy atom. The standard InChI is InChI=1S/C5H4N4O3.C4H6O4/c10-3-1-2(7-4(11)6-1)8-5(12)9-3;5-3(6)1-2-4(7)8/h(H4,6,7,8,9,10,11,12);1-2H2,(H,5,6)(H,7,8). The molecule has 0 aliphatic carbocycles. The van der Waals surface area contributed by atoms with E-state index in [9.17, 15) is 24.0 Å². The molecule has 0 amide bonds. The van der Waals surface area contributed by atoms with E-state index >= 15 is 0 Å². The van der Waals surface area contributed by atoms with Crippen molar-refractivity contribution in [3.63, 3.8) is 0 Å². The Balaban J connectivity index is 0.000000221. The Morgan fingerprint density at radius 3 is 1.70 bits per heavy atom. The van der Waals surface area contributed by atoms with E-state index in [1.165, 1.54) is 0 Å². The smallest absolute Gasteiger partial charge is 0.327 e. The van der Waals surface area contributed by atoms with Gasteiger partial charge in [-0.3, -0.25) is 34.3 Å². The molecule has 0 atom stereocenters. The normalized spacial score (nSPS) is 9.80. The lowest BCUT2D eigenvalue weighted by Crippen LogP contribution is -2.21. The van der Waals surface area contributed by atoms with Gasteiger partial charge in [0.15, 0.2) is 0 Å². The third-order valence-electron chi connectivity index (χ3n) is 1.97. The fraction of sp³-hybridized carbons (Fsp3) is 0.222. The fourth-order valence-corrected chi connectivity index (χ4v) is 1.17. The molecule has 20 heavy (non-hydrogen) atoms. The van der Waals surface area contributed by atoms with Gasteiger partial charge in [-0.1, -0.05) is 0 Å². The average Bonchev–Trinajstić information content (AvgIpc) is 2.68. The molecule has 108 valence electrons. The second-order valence-corrected chi connectivity index (χ2v) is 3.52. The Bertz CT molecular complexity index is 779. The van der Waals surface area contributed by atoms with Crippen LogP contribution in [0, 0.1) is 0 Å². The monoisotopic (exact) mass is 286 g/mol. The molecule has 0 aliphatic heterocycles. The predicted octanol–water partition coefficient (Wildman–Crippen LogP) is -1.83. The number of H-pyrrole nitrogens is 4. The second-order valence-electron chi connectivity index (χ2n) is 3.52. The average molecular weight is 286 g/mol. The van der Waals surface area contributed by atoms with E-state index in [0.29, 0.717) is 0 Å². The largest absolute Gasteiger partial charge is 0.481 e. The zero-order chi connectivity index (χ0) is 15.3. The first-order chi connectivity index (χ1) is 9.29. The predicted molar refractivity (Wildman–Crippen MR) is 64.7 cm³/mol. The van der Waals surface area contributed by atoms with Crippen molar-refractivity contribution in [1.29, 1.82) is 0 Å². The zero-order valence-electron chi connectivity index (χ0n) is 9.85. The highest BCUT2D eigenvalue weighted by Gasteiger charge is 2.02. The van der Waals surface area contributed by atoms with E-state index in [0.717, 1.165) is 0 Å². The zero-order valence-corrected chi connectivity index (χ0v) is 9.85. The van der Waals surface area contributed by atoms with Gasteiger partial charge in [-0.25, -0.2) is 9.59 Å². The molecule has 0 aromatic carbocycles. The molecule has 0 aliphatic rings. The highest BCUT2D eigenvalue weighted by atomic mass is 16.4. The van der Waals surface area contributed by atoms with E-state index in [2.05, 4.69) is 15.0 Å². The van der Waals surface area contributed by atoms with Crippen molar-refractivity contribution in [1.82, 2.24) is 19.9 Å². The summed E-state index contributed by atoms with van der Waals surface area (Å²) in [6.07, 6.45) is -0.593. The summed E-state index contributed by atoms with van der Waals surface area (Å²) >= 11 is 0. The van der Waals surface area contributed by atoms with Crippen molar-refractivity contribution >= 4 is 23.1 Å². The molecule has 11 heteroatoms. The van der Waals surface area contributed by atoms with Crippen molar-refractivity contribution in [2.75, 3.05) is 0 Å². The number of aliphatic carboxylic acids is 2. The van der Waals surface area contributed by atoms with Crippen LogP contribution < -0.4 is 16.9 Å². The minimum absolute atomic E-state index is 0.0413. The first kappa shape index (κ1) is 14.9. The summed E-state index contributed by atoms with van der Waals surface area (Å²) in [5, 5.41) is 15.8. The SMILES string of the molecule is O=C(O)CCC(=O)O.O=c1[nH]c(=O)c2[nH]c(=O)[nH]c2[nH]1. The fourth-order valence-electron chi connectivity index (χ4n) is 1.17. The van der Waals surface area contributed by atoms with Gasteiger partial charge in [0.05, 0.1) is 12.8 Å². The van der Waals surface area contributed by atoms with E-state index in [1.807, 2.05) is 4.98 Å². The molecule has 2 aromatic rings. The summed E-state index contributed by atoms with van der Waals surface area (Å²) in [6.45, 7) is 0. The van der Waals surface area contributed by atoms with Crippen LogP contribution >= 0.6 is 0 Å². The minimum atomic E-state index is -1.08. The van der Waals surface area contributed by atoms with Crippen molar-refractivity contribution in [3.8, 4) is 0 Å². The molecule has 2 heterocycles. The van der Waals surface area contributed by atoms with Gasteiger partial charge in [0.2, 0.25) is 0 Å². The number of hydrogen-bond acceptors (Lipinski definition) is 5. The highest BCUT2D eigenvalue weighted by molar-refractivity contribution is 5.75. The molecule has 2 rings (SSSR count). The molecular weight excluding hydrogens is 276 g/mol. The van der Waals surface area contributed by atoms with Gasteiger partial charge in [-0.15, -0.1) is 0 Å². The van der Waals surface area contributed by atoms with E-state index in [1.54, 1.807) is 0 Å². The summed E-state index contributed by atoms with van der Waals surface area (Å²) in [7, 11) is 0. The van der Waals surface area contributed by atoms with Crippen LogP contribution in [0.5, 0.6) is 0 Å². The van der Waals surface area contributed by atoms with Crippen LogP contribution in [0.2, 0.25) is 0 Å². The second kappa shape index (κ2) is 6.17. The molecule has 0 radical (unpaired) electrons. The molecule has 0 spiro atoms. The van der Waals surface area contributed by atoms with Gasteiger partial charge >= 0.3 is 23.3 Å². The van der Waals surface area contributed by atoms with Crippen molar-refractivity contribution in [2.24, 2.45) is 0 Å². The van der Waals surface area contributed by atoms with E-state index < -0.39 is 28.9 Å². The van der Waals surface area contributed by atoms with Crippen LogP contribution in [-0.2, 0) is 9.59 Å². The van der Waals surface area contributed by atoms with Gasteiger partial charge in [0, 0.05) is 0 Å². The van der Waals surface area contributed by atoms with Crippen molar-refractivity contribution in [3.05, 3.63) is 31.3 Å². The number of fused-ring (bicyclic) bond motifs is 1. The van der Waals surface area contributed by atoms with Gasteiger partial charge in [0.1, 0.15) is 11.2 Å². The number of aromatic nitrogens is 4. The number of carboxylic acids is 2. The maximum Gasteiger partial charge on any atom is 0.327 e. The maximum absolute atomic E-state index is 10.9. The number of rotatable bonds is 3. The summed E-state index contributed by atoms with van der Waals surface area (Å²) < 4.78 is 0. The van der Waals surface area contributed by atoms with Crippen LogP contribution in [-0.4, -0.2) is 42.1 Å². The van der Waals surface area contributed by atoms with Crippen LogP contribution in [0.25, 0.3) is 11.2 Å². The quantitative estimate of drug-likeness (QED) is 0.382. The number of imidazole rings is 1. The van der Waals surface area contributed by atoms with Crippen LogP contribution in [0.1, 0.15) is 12.8 Å². The third kappa shape index (κ3) is 4.29. The van der Waals surface area contributed by atoms with E-state index in [4.69, 9.17) is 10.2 Å². The number of carbonyl (C=O) groups is 2. The van der Waals surface area contributed by atoms with Gasteiger partial charge < -0.3 is 10.2 Å². The lowest BCUT2D eigenvalue weighted by atomic mass is 10.3. The number of carboxylic acid groups (broad SMARTS) is 2. The molecule has 6 N–H and O–H groups in total. The number of aromatic amines is 4. The molecule has 2 aromatic heterocycles.